The van der Waals surface area contributed by atoms with Crippen LogP contribution in [0.3, 0.4) is 0 Å². The van der Waals surface area contributed by atoms with Gasteiger partial charge in [0, 0.05) is 4.47 Å². The molecule has 1 unspecified atom stereocenters. The Kier molecular flexibility index (Phi) is 6.92. The molecule has 1 aromatic carbocycles. The van der Waals surface area contributed by atoms with E-state index in [1.54, 1.807) is 0 Å². The van der Waals surface area contributed by atoms with Gasteiger partial charge in [0.25, 0.3) is 0 Å². The first-order valence-electron chi connectivity index (χ1n) is 6.85. The molecule has 0 aromatic heterocycles. The summed E-state index contributed by atoms with van der Waals surface area (Å²) >= 11 is 3.42. The fourth-order valence-electron chi connectivity index (χ4n) is 1.94. The molecule has 0 heterocycles. The third-order valence-corrected chi connectivity index (χ3v) is 3.74. The number of nitrogen functional groups attached to an aromatic ring is 1. The minimum Gasteiger partial charge on any atom is -0.492 e. The highest BCUT2D eigenvalue weighted by atomic mass is 79.9. The van der Waals surface area contributed by atoms with Crippen LogP contribution in [0, 0.1) is 11.3 Å². The van der Waals surface area contributed by atoms with E-state index in [0.29, 0.717) is 23.8 Å². The van der Waals surface area contributed by atoms with Crippen molar-refractivity contribution in [3.63, 3.8) is 0 Å². The molecule has 0 saturated heterocycles. The van der Waals surface area contributed by atoms with E-state index in [0.717, 1.165) is 10.9 Å². The summed E-state index contributed by atoms with van der Waals surface area (Å²) in [6.45, 7) is 5.08. The Labute approximate surface area is 124 Å². The van der Waals surface area contributed by atoms with Gasteiger partial charge in [-0.1, -0.05) is 49.0 Å². The number of nitrogens with one attached hydrogen (secondary N) is 1. The first kappa shape index (κ1) is 16.0. The molecule has 1 atom stereocenters. The van der Waals surface area contributed by atoms with Crippen LogP contribution in [0.4, 0.5) is 0 Å². The largest absolute Gasteiger partial charge is 0.492 e. The van der Waals surface area contributed by atoms with Crippen molar-refractivity contribution in [3.05, 3.63) is 28.2 Å². The molecule has 3 N–H and O–H groups in total. The second-order valence-electron chi connectivity index (χ2n) is 4.78. The van der Waals surface area contributed by atoms with Crippen LogP contribution < -0.4 is 10.5 Å². The van der Waals surface area contributed by atoms with Crippen LogP contribution in [0.1, 0.15) is 45.1 Å². The number of rotatable bonds is 8. The Hall–Kier alpha value is -1.03. The van der Waals surface area contributed by atoms with Crippen molar-refractivity contribution in [3.8, 4) is 5.75 Å². The lowest BCUT2D eigenvalue weighted by Gasteiger charge is -2.17. The Morgan fingerprint density at radius 1 is 1.42 bits per heavy atom. The highest BCUT2D eigenvalue weighted by Gasteiger charge is 2.11. The van der Waals surface area contributed by atoms with Crippen molar-refractivity contribution in [1.82, 2.24) is 0 Å². The summed E-state index contributed by atoms with van der Waals surface area (Å²) in [6.07, 6.45) is 4.76. The SMILES string of the molecule is CCCCC(CC)COc1cc(Br)ccc1C(=N)N. The van der Waals surface area contributed by atoms with Crippen LogP contribution in [0.15, 0.2) is 22.7 Å². The molecular weight excluding hydrogens is 304 g/mol. The van der Waals surface area contributed by atoms with Gasteiger partial charge in [-0.2, -0.15) is 0 Å². The Balaban J connectivity index is 2.70. The van der Waals surface area contributed by atoms with Gasteiger partial charge >= 0.3 is 0 Å². The molecule has 0 saturated carbocycles. The zero-order chi connectivity index (χ0) is 14.3. The van der Waals surface area contributed by atoms with Crippen molar-refractivity contribution in [2.24, 2.45) is 11.7 Å². The Morgan fingerprint density at radius 3 is 2.74 bits per heavy atom. The minimum atomic E-state index is 0.0455. The number of hydrogen-bond acceptors (Lipinski definition) is 2. The van der Waals surface area contributed by atoms with Crippen LogP contribution >= 0.6 is 15.9 Å². The maximum atomic E-state index is 7.57. The number of halogens is 1. The maximum absolute atomic E-state index is 7.57. The van der Waals surface area contributed by atoms with Crippen LogP contribution in [-0.4, -0.2) is 12.4 Å². The van der Waals surface area contributed by atoms with Gasteiger partial charge in [-0.3, -0.25) is 5.41 Å². The van der Waals surface area contributed by atoms with Gasteiger partial charge in [0.1, 0.15) is 11.6 Å². The normalized spacial score (nSPS) is 12.2. The number of unbranched alkanes of at least 4 members (excludes halogenated alkanes) is 1. The molecule has 0 bridgehead atoms. The fourth-order valence-corrected chi connectivity index (χ4v) is 2.28. The lowest BCUT2D eigenvalue weighted by atomic mass is 10.0. The van der Waals surface area contributed by atoms with Gasteiger partial charge in [-0.25, -0.2) is 0 Å². The second-order valence-corrected chi connectivity index (χ2v) is 5.70. The third kappa shape index (κ3) is 5.23. The summed E-state index contributed by atoms with van der Waals surface area (Å²) < 4.78 is 6.82. The zero-order valence-corrected chi connectivity index (χ0v) is 13.3. The molecule has 4 heteroatoms. The van der Waals surface area contributed by atoms with E-state index in [1.807, 2.05) is 18.2 Å². The fraction of sp³-hybridized carbons (Fsp3) is 0.533. The molecule has 1 aromatic rings. The molecule has 0 spiro atoms. The minimum absolute atomic E-state index is 0.0455. The predicted molar refractivity (Wildman–Crippen MR) is 84.0 cm³/mol. The van der Waals surface area contributed by atoms with E-state index in [-0.39, 0.29) is 5.84 Å². The van der Waals surface area contributed by atoms with Crippen LogP contribution in [0.2, 0.25) is 0 Å². The van der Waals surface area contributed by atoms with E-state index >= 15 is 0 Å². The number of nitrogens with two attached hydrogens (primary N) is 1. The molecule has 3 nitrogen and oxygen atoms in total. The average molecular weight is 327 g/mol. The highest BCUT2D eigenvalue weighted by molar-refractivity contribution is 9.10. The van der Waals surface area contributed by atoms with E-state index in [1.165, 1.54) is 19.3 Å². The van der Waals surface area contributed by atoms with Crippen molar-refractivity contribution in [2.45, 2.75) is 39.5 Å². The van der Waals surface area contributed by atoms with Gasteiger partial charge in [0.2, 0.25) is 0 Å². The van der Waals surface area contributed by atoms with Gasteiger partial charge in [-0.15, -0.1) is 0 Å². The first-order valence-corrected chi connectivity index (χ1v) is 7.64. The lowest BCUT2D eigenvalue weighted by molar-refractivity contribution is 0.233. The molecule has 0 amide bonds. The summed E-state index contributed by atoms with van der Waals surface area (Å²) in [6, 6.07) is 5.57. The molecule has 1 rings (SSSR count). The number of hydrogen-bond donors (Lipinski definition) is 2. The van der Waals surface area contributed by atoms with Crippen molar-refractivity contribution < 1.29 is 4.74 Å². The Bertz CT molecular complexity index is 421. The van der Waals surface area contributed by atoms with Crippen molar-refractivity contribution in [1.29, 1.82) is 5.41 Å². The summed E-state index contributed by atoms with van der Waals surface area (Å²) in [5.74, 6) is 1.31. The summed E-state index contributed by atoms with van der Waals surface area (Å²) in [4.78, 5) is 0. The second kappa shape index (κ2) is 8.20. The van der Waals surface area contributed by atoms with E-state index in [2.05, 4.69) is 29.8 Å². The van der Waals surface area contributed by atoms with Crippen LogP contribution in [0.25, 0.3) is 0 Å². The van der Waals surface area contributed by atoms with Gasteiger partial charge in [0.15, 0.2) is 0 Å². The van der Waals surface area contributed by atoms with E-state index in [9.17, 15) is 0 Å². The molecule has 106 valence electrons. The maximum Gasteiger partial charge on any atom is 0.131 e. The highest BCUT2D eigenvalue weighted by Crippen LogP contribution is 2.25. The molecule has 0 fully saturated rings. The van der Waals surface area contributed by atoms with E-state index in [4.69, 9.17) is 15.9 Å². The summed E-state index contributed by atoms with van der Waals surface area (Å²) in [5.41, 5.74) is 6.23. The molecule has 0 aliphatic heterocycles. The zero-order valence-electron chi connectivity index (χ0n) is 11.7. The average Bonchev–Trinajstić information content (AvgIpc) is 2.38. The van der Waals surface area contributed by atoms with E-state index < -0.39 is 0 Å². The molecule has 0 aliphatic rings. The van der Waals surface area contributed by atoms with Crippen molar-refractivity contribution >= 4 is 21.8 Å². The van der Waals surface area contributed by atoms with Crippen molar-refractivity contribution in [2.75, 3.05) is 6.61 Å². The first-order chi connectivity index (χ1) is 9.08. The topological polar surface area (TPSA) is 59.1 Å². The molecule has 0 aliphatic carbocycles. The number of ether oxygens (including phenoxy) is 1. The summed E-state index contributed by atoms with van der Waals surface area (Å²) in [5, 5.41) is 7.57. The lowest BCUT2D eigenvalue weighted by Crippen LogP contribution is -2.16. The molecule has 0 radical (unpaired) electrons. The van der Waals surface area contributed by atoms with Crippen LogP contribution in [0.5, 0.6) is 5.75 Å². The molecular formula is C15H23BrN2O. The number of benzene rings is 1. The smallest absolute Gasteiger partial charge is 0.131 e. The van der Waals surface area contributed by atoms with Gasteiger partial charge in [-0.05, 0) is 30.5 Å². The van der Waals surface area contributed by atoms with Gasteiger partial charge < -0.3 is 10.5 Å². The number of amidine groups is 1. The summed E-state index contributed by atoms with van der Waals surface area (Å²) in [7, 11) is 0. The quantitative estimate of drug-likeness (QED) is 0.551. The third-order valence-electron chi connectivity index (χ3n) is 3.25. The predicted octanol–water partition coefficient (Wildman–Crippen LogP) is 4.33. The molecule has 19 heavy (non-hydrogen) atoms. The van der Waals surface area contributed by atoms with Crippen LogP contribution in [-0.2, 0) is 0 Å². The standard InChI is InChI=1S/C15H23BrN2O/c1-3-5-6-11(4-2)10-19-14-9-12(16)7-8-13(14)15(17)18/h7-9,11H,3-6,10H2,1-2H3,(H3,17,18). The van der Waals surface area contributed by atoms with Gasteiger partial charge in [0.05, 0.1) is 12.2 Å². The monoisotopic (exact) mass is 326 g/mol. The Morgan fingerprint density at radius 2 is 2.16 bits per heavy atom.